The Morgan fingerprint density at radius 3 is 0.808 bits per heavy atom. The van der Waals surface area contributed by atoms with Crippen molar-refractivity contribution in [3.8, 4) is 23.0 Å². The minimum absolute atomic E-state index is 0. The Morgan fingerprint density at radius 1 is 0.370 bits per heavy atom. The number of hydrogen-bond acceptors (Lipinski definition) is 6. The average Bonchev–Trinajstić information content (AvgIpc) is 4.00. The van der Waals surface area contributed by atoms with Gasteiger partial charge < -0.3 is 28.7 Å². The number of nitrogens with zero attached hydrogens (tertiary/aromatic N) is 2. The van der Waals surface area contributed by atoms with E-state index in [1.165, 1.54) is 98.6 Å². The molecule has 0 saturated carbocycles. The molecule has 0 aliphatic carbocycles. The third-order valence-electron chi connectivity index (χ3n) is 13.6. The molecule has 0 aromatic heterocycles. The molecule has 382 valence electrons. The van der Waals surface area contributed by atoms with Crippen LogP contribution in [0.4, 0.5) is 0 Å². The molecule has 8 aromatic rings. The van der Waals surface area contributed by atoms with Gasteiger partial charge in [-0.15, -0.1) is 10.6 Å². The molecule has 0 aliphatic rings. The van der Waals surface area contributed by atoms with Crippen LogP contribution in [0.25, 0.3) is 0 Å². The first-order valence-corrected chi connectivity index (χ1v) is 27.4. The molecular weight excluding hydrogens is 979 g/mol. The fraction of sp³-hybridized carbons (Fsp3) is 0.281. The van der Waals surface area contributed by atoms with E-state index in [2.05, 4.69) is 239 Å². The van der Waals surface area contributed by atoms with Crippen LogP contribution >= 0.6 is 15.8 Å². The Morgan fingerprint density at radius 2 is 0.603 bits per heavy atom. The third kappa shape index (κ3) is 12.2. The summed E-state index contributed by atoms with van der Waals surface area (Å²) in [6.45, 7) is 17.2. The molecule has 8 rings (SSSR count). The quantitative estimate of drug-likeness (QED) is 0.0546. The van der Waals surface area contributed by atoms with Crippen molar-refractivity contribution in [3.05, 3.63) is 212 Å². The van der Waals surface area contributed by atoms with Crippen LogP contribution in [0.1, 0.15) is 78.8 Å². The van der Waals surface area contributed by atoms with Gasteiger partial charge in [-0.2, -0.15) is 35.4 Å². The first kappa shape index (κ1) is 56.8. The molecular formula is C64H74FeN2O4P2. The maximum Gasteiger partial charge on any atom is 2.00 e. The molecule has 0 heterocycles. The molecule has 6 nitrogen and oxygen atoms in total. The summed E-state index contributed by atoms with van der Waals surface area (Å²) >= 11 is 0. The van der Waals surface area contributed by atoms with Crippen LogP contribution < -0.4 is 50.8 Å². The smallest absolute Gasteiger partial charge is 0.496 e. The number of benzene rings is 6. The van der Waals surface area contributed by atoms with Gasteiger partial charge in [-0.3, -0.25) is 0 Å². The van der Waals surface area contributed by atoms with Gasteiger partial charge in [-0.25, -0.2) is 12.1 Å². The minimum Gasteiger partial charge on any atom is -0.496 e. The van der Waals surface area contributed by atoms with Crippen molar-refractivity contribution in [1.29, 1.82) is 0 Å². The van der Waals surface area contributed by atoms with Gasteiger partial charge in [-0.1, -0.05) is 60.7 Å². The molecule has 0 amide bonds. The Labute approximate surface area is 450 Å². The molecule has 2 atom stereocenters. The monoisotopic (exact) mass is 1050 g/mol. The van der Waals surface area contributed by atoms with Crippen LogP contribution in [0.2, 0.25) is 0 Å². The average molecular weight is 1050 g/mol. The summed E-state index contributed by atoms with van der Waals surface area (Å²) in [4.78, 5) is 4.63. The summed E-state index contributed by atoms with van der Waals surface area (Å²) in [5, 5.41) is 8.12. The van der Waals surface area contributed by atoms with E-state index in [1.807, 2.05) is 0 Å². The van der Waals surface area contributed by atoms with Crippen molar-refractivity contribution in [1.82, 2.24) is 9.80 Å². The van der Waals surface area contributed by atoms with Gasteiger partial charge >= 0.3 is 17.1 Å². The van der Waals surface area contributed by atoms with Gasteiger partial charge in [0.05, 0.1) is 28.4 Å². The fourth-order valence-corrected chi connectivity index (χ4v) is 16.5. The first-order valence-electron chi connectivity index (χ1n) is 24.7. The first-order chi connectivity index (χ1) is 34.5. The molecule has 0 N–H and O–H groups in total. The predicted molar refractivity (Wildman–Crippen MR) is 310 cm³/mol. The standard InChI is InChI=1S/2C32H37NO2P.Fe/c2*1-21-17-26(18-22(2)31(21)34-7)36(27-19-23(3)32(35-8)24(4)20-27)29-16-12-15-28(29)30(33(5)6)25-13-10-9-11-14-25;/h2*9-20,30H,1-8H3;/q2*-1;+2/t2*30-;/m00./s1. The van der Waals surface area contributed by atoms with Crippen LogP contribution in [-0.4, -0.2) is 66.4 Å². The van der Waals surface area contributed by atoms with E-state index in [4.69, 9.17) is 18.9 Å². The molecule has 0 saturated heterocycles. The molecule has 73 heavy (non-hydrogen) atoms. The van der Waals surface area contributed by atoms with E-state index in [1.54, 1.807) is 28.4 Å². The topological polar surface area (TPSA) is 43.4 Å². The van der Waals surface area contributed by atoms with Crippen LogP contribution in [0, 0.1) is 55.4 Å². The number of methoxy groups -OCH3 is 4. The Bertz CT molecular complexity index is 2680. The molecule has 8 aromatic carbocycles. The Hall–Kier alpha value is -5.48. The largest absolute Gasteiger partial charge is 2.00 e. The second-order valence-corrected chi connectivity index (χ2v) is 23.8. The fourth-order valence-electron chi connectivity index (χ4n) is 10.9. The number of aryl methyl sites for hydroxylation is 8. The number of ether oxygens (including phenoxy) is 4. The van der Waals surface area contributed by atoms with E-state index in [9.17, 15) is 0 Å². The van der Waals surface area contributed by atoms with Gasteiger partial charge in [0.1, 0.15) is 23.0 Å². The van der Waals surface area contributed by atoms with Crippen LogP contribution in [0.3, 0.4) is 0 Å². The van der Waals surface area contributed by atoms with E-state index >= 15 is 0 Å². The Kier molecular flexibility index (Phi) is 19.6. The second kappa shape index (κ2) is 25.2. The maximum absolute atomic E-state index is 5.71. The van der Waals surface area contributed by atoms with Crippen molar-refractivity contribution in [2.75, 3.05) is 56.6 Å². The van der Waals surface area contributed by atoms with E-state index < -0.39 is 15.8 Å². The van der Waals surface area contributed by atoms with E-state index in [0.717, 1.165) is 23.0 Å². The van der Waals surface area contributed by atoms with Crippen molar-refractivity contribution in [2.45, 2.75) is 67.5 Å². The van der Waals surface area contributed by atoms with Crippen molar-refractivity contribution < 1.29 is 36.0 Å². The summed E-state index contributed by atoms with van der Waals surface area (Å²) in [6, 6.07) is 54.1. The van der Waals surface area contributed by atoms with Crippen LogP contribution in [0.5, 0.6) is 23.0 Å². The summed E-state index contributed by atoms with van der Waals surface area (Å²) in [7, 11) is 14.1. The van der Waals surface area contributed by atoms with Crippen LogP contribution in [0.15, 0.2) is 146 Å². The summed E-state index contributed by atoms with van der Waals surface area (Å²) in [6.07, 6.45) is 0. The molecule has 0 spiro atoms. The minimum atomic E-state index is -0.815. The molecule has 0 bridgehead atoms. The second-order valence-electron chi connectivity index (χ2n) is 19.4. The van der Waals surface area contributed by atoms with E-state index in [0.29, 0.717) is 0 Å². The SMILES string of the molecule is COc1c(C)cc(P(c2cc(C)c(OC)c(C)c2)c2[cH-]ccc2[C@H](c2ccccc2)N(C)C)cc1C.COc1c(C)cc(P(c2cc(C)c(OC)c(C)c2)c2[cH-]ccc2[C@H](c2ccccc2)N(C)C)cc1C.[Fe+2]. The zero-order chi connectivity index (χ0) is 52.0. The predicted octanol–water partition coefficient (Wildman–Crippen LogP) is 12.1. The maximum atomic E-state index is 5.71. The molecule has 9 heteroatoms. The molecule has 0 fully saturated rings. The normalized spacial score (nSPS) is 12.1. The van der Waals surface area contributed by atoms with Crippen molar-refractivity contribution in [2.24, 2.45) is 0 Å². The summed E-state index contributed by atoms with van der Waals surface area (Å²) in [5.41, 5.74) is 14.7. The molecule has 0 radical (unpaired) electrons. The van der Waals surface area contributed by atoms with Gasteiger partial charge in [0.15, 0.2) is 0 Å². The zero-order valence-electron chi connectivity index (χ0n) is 45.8. The molecule has 0 aliphatic heterocycles. The summed E-state index contributed by atoms with van der Waals surface area (Å²) < 4.78 is 22.8. The van der Waals surface area contributed by atoms with Gasteiger partial charge in [0.25, 0.3) is 0 Å². The van der Waals surface area contributed by atoms with Gasteiger partial charge in [0, 0.05) is 12.1 Å². The van der Waals surface area contributed by atoms with Gasteiger partial charge in [-0.05, 0) is 225 Å². The summed E-state index contributed by atoms with van der Waals surface area (Å²) in [5.74, 6) is 3.87. The third-order valence-corrected chi connectivity index (χ3v) is 18.5. The molecule has 0 unspecified atom stereocenters. The van der Waals surface area contributed by atoms with Crippen molar-refractivity contribution in [3.63, 3.8) is 0 Å². The van der Waals surface area contributed by atoms with Crippen LogP contribution in [-0.2, 0) is 17.1 Å². The number of hydrogen-bond donors (Lipinski definition) is 0. The van der Waals surface area contributed by atoms with Crippen molar-refractivity contribution >= 4 is 47.7 Å². The number of rotatable bonds is 16. The van der Waals surface area contributed by atoms with Gasteiger partial charge in [0.2, 0.25) is 0 Å². The zero-order valence-corrected chi connectivity index (χ0v) is 48.7. The van der Waals surface area contributed by atoms with E-state index in [-0.39, 0.29) is 29.2 Å². The Balaban J connectivity index is 0.000000235.